The fourth-order valence-corrected chi connectivity index (χ4v) is 2.44. The summed E-state index contributed by atoms with van der Waals surface area (Å²) in [6, 6.07) is 5.81. The number of aryl methyl sites for hydroxylation is 1. The fourth-order valence-electron chi connectivity index (χ4n) is 2.02. The number of nitrogens with one attached hydrogen (secondary N) is 2. The molecular weight excluding hydrogens is 234 g/mol. The van der Waals surface area contributed by atoms with Gasteiger partial charge in [0.15, 0.2) is 0 Å². The average molecular weight is 245 g/mol. The van der Waals surface area contributed by atoms with Crippen molar-refractivity contribution >= 4 is 34.2 Å². The molecule has 4 nitrogen and oxygen atoms in total. The first kappa shape index (κ1) is 10.3. The summed E-state index contributed by atoms with van der Waals surface area (Å²) in [4.78, 5) is 3.28. The van der Waals surface area contributed by atoms with Gasteiger partial charge in [0.1, 0.15) is 11.4 Å². The molecule has 0 atom stereocenters. The maximum absolute atomic E-state index is 5.51. The van der Waals surface area contributed by atoms with E-state index in [1.165, 1.54) is 0 Å². The average Bonchev–Trinajstić information content (AvgIpc) is 2.71. The summed E-state index contributed by atoms with van der Waals surface area (Å²) in [5.74, 6) is 0.803. The van der Waals surface area contributed by atoms with E-state index in [1.807, 2.05) is 25.1 Å². The summed E-state index contributed by atoms with van der Waals surface area (Å²) in [5.41, 5.74) is 2.75. The van der Waals surface area contributed by atoms with Gasteiger partial charge in [-0.2, -0.15) is 5.10 Å². The van der Waals surface area contributed by atoms with E-state index in [1.54, 1.807) is 7.11 Å². The highest BCUT2D eigenvalue weighted by atomic mass is 32.1. The van der Waals surface area contributed by atoms with E-state index in [0.717, 1.165) is 37.9 Å². The van der Waals surface area contributed by atoms with Crippen LogP contribution in [0.5, 0.6) is 5.75 Å². The minimum absolute atomic E-state index is 0.803. The third-order valence-electron chi connectivity index (χ3n) is 2.91. The number of pyridine rings is 1. The van der Waals surface area contributed by atoms with E-state index in [0.29, 0.717) is 0 Å². The summed E-state index contributed by atoms with van der Waals surface area (Å²) >= 11 is 5.51. The van der Waals surface area contributed by atoms with Crippen LogP contribution in [0.2, 0.25) is 0 Å². The number of nitrogens with zero attached hydrogens (tertiary/aromatic N) is 1. The molecule has 3 rings (SSSR count). The predicted octanol–water partition coefficient (Wildman–Crippen LogP) is 3.09. The summed E-state index contributed by atoms with van der Waals surface area (Å²) in [7, 11) is 1.65. The van der Waals surface area contributed by atoms with E-state index in [-0.39, 0.29) is 0 Å². The zero-order valence-electron chi connectivity index (χ0n) is 9.50. The second-order valence-electron chi connectivity index (χ2n) is 3.92. The number of aromatic amines is 2. The van der Waals surface area contributed by atoms with Gasteiger partial charge in [-0.05, 0) is 25.1 Å². The lowest BCUT2D eigenvalue weighted by molar-refractivity contribution is 0.415. The Balaban J connectivity index is 2.53. The zero-order chi connectivity index (χ0) is 12.0. The number of hydrogen-bond acceptors (Lipinski definition) is 3. The van der Waals surface area contributed by atoms with Gasteiger partial charge in [0, 0.05) is 10.9 Å². The third-order valence-corrected chi connectivity index (χ3v) is 3.33. The first-order valence-corrected chi connectivity index (χ1v) is 5.66. The molecule has 1 aromatic carbocycles. The second kappa shape index (κ2) is 3.56. The van der Waals surface area contributed by atoms with Crippen LogP contribution in [-0.4, -0.2) is 22.3 Å². The Morgan fingerprint density at radius 2 is 2.18 bits per heavy atom. The largest absolute Gasteiger partial charge is 0.497 e. The van der Waals surface area contributed by atoms with Crippen LogP contribution in [0.15, 0.2) is 18.2 Å². The number of benzene rings is 1. The number of hydrogen-bond donors (Lipinski definition) is 2. The smallest absolute Gasteiger partial charge is 0.135 e. The predicted molar refractivity (Wildman–Crippen MR) is 70.1 cm³/mol. The molecule has 0 aliphatic heterocycles. The summed E-state index contributed by atoms with van der Waals surface area (Å²) < 4.78 is 6.02. The molecule has 0 aliphatic carbocycles. The molecule has 86 valence electrons. The molecule has 2 aromatic heterocycles. The summed E-state index contributed by atoms with van der Waals surface area (Å²) in [5, 5.41) is 9.07. The van der Waals surface area contributed by atoms with Gasteiger partial charge in [-0.3, -0.25) is 5.10 Å². The van der Waals surface area contributed by atoms with Crippen molar-refractivity contribution in [3.63, 3.8) is 0 Å². The van der Waals surface area contributed by atoms with E-state index in [2.05, 4.69) is 15.2 Å². The first-order chi connectivity index (χ1) is 8.20. The zero-order valence-corrected chi connectivity index (χ0v) is 10.3. The molecule has 0 spiro atoms. The van der Waals surface area contributed by atoms with E-state index < -0.39 is 0 Å². The second-order valence-corrected chi connectivity index (χ2v) is 4.33. The molecule has 0 amide bonds. The first-order valence-electron chi connectivity index (χ1n) is 5.25. The van der Waals surface area contributed by atoms with E-state index >= 15 is 0 Å². The Labute approximate surface area is 103 Å². The van der Waals surface area contributed by atoms with Crippen LogP contribution >= 0.6 is 12.2 Å². The molecule has 0 fully saturated rings. The normalized spacial score (nSPS) is 11.2. The number of ether oxygens (including phenoxy) is 1. The Morgan fingerprint density at radius 1 is 1.35 bits per heavy atom. The molecule has 0 saturated carbocycles. The van der Waals surface area contributed by atoms with E-state index in [9.17, 15) is 0 Å². The molecule has 0 radical (unpaired) electrons. The fraction of sp³-hybridized carbons (Fsp3) is 0.167. The van der Waals surface area contributed by atoms with Crippen LogP contribution in [-0.2, 0) is 0 Å². The van der Waals surface area contributed by atoms with Crippen molar-refractivity contribution < 1.29 is 4.74 Å². The highest BCUT2D eigenvalue weighted by Crippen LogP contribution is 2.26. The van der Waals surface area contributed by atoms with Crippen LogP contribution in [0.4, 0.5) is 0 Å². The van der Waals surface area contributed by atoms with Crippen LogP contribution in [0.25, 0.3) is 21.9 Å². The van der Waals surface area contributed by atoms with Crippen molar-refractivity contribution in [2.24, 2.45) is 0 Å². The molecule has 3 aromatic rings. The van der Waals surface area contributed by atoms with Crippen LogP contribution in [0.1, 0.15) is 5.69 Å². The standard InChI is InChI=1S/C12H11N3OS/c1-6-10-11(17)8-5-7(16-2)3-4-9(8)13-12(10)15-14-6/h3-5H,1-2H3,(H2,13,14,15,17). The van der Waals surface area contributed by atoms with Crippen LogP contribution < -0.4 is 4.74 Å². The monoisotopic (exact) mass is 245 g/mol. The minimum Gasteiger partial charge on any atom is -0.497 e. The number of rotatable bonds is 1. The summed E-state index contributed by atoms with van der Waals surface area (Å²) in [6.45, 7) is 1.94. The van der Waals surface area contributed by atoms with Gasteiger partial charge in [0.05, 0.1) is 22.7 Å². The molecule has 0 unspecified atom stereocenters. The maximum atomic E-state index is 5.51. The number of fused-ring (bicyclic) bond motifs is 2. The van der Waals surface area contributed by atoms with Gasteiger partial charge in [0.25, 0.3) is 0 Å². The minimum atomic E-state index is 0.803. The Bertz CT molecular complexity index is 772. The van der Waals surface area contributed by atoms with Gasteiger partial charge >= 0.3 is 0 Å². The molecule has 17 heavy (non-hydrogen) atoms. The lowest BCUT2D eigenvalue weighted by Gasteiger charge is -2.03. The van der Waals surface area contributed by atoms with Gasteiger partial charge in [-0.25, -0.2) is 0 Å². The van der Waals surface area contributed by atoms with Crippen molar-refractivity contribution in [1.82, 2.24) is 15.2 Å². The third kappa shape index (κ3) is 1.43. The molecule has 2 heterocycles. The van der Waals surface area contributed by atoms with Gasteiger partial charge in [-0.15, -0.1) is 0 Å². The molecule has 5 heteroatoms. The lowest BCUT2D eigenvalue weighted by atomic mass is 10.1. The molecular formula is C12H11N3OS. The van der Waals surface area contributed by atoms with Crippen LogP contribution in [0, 0.1) is 11.4 Å². The SMILES string of the molecule is COc1ccc2[nH]c3[nH]nc(C)c3c(=S)c2c1. The Morgan fingerprint density at radius 3 is 2.94 bits per heavy atom. The molecule has 0 aliphatic rings. The number of H-pyrrole nitrogens is 2. The van der Waals surface area contributed by atoms with Crippen molar-refractivity contribution in [2.45, 2.75) is 6.92 Å². The lowest BCUT2D eigenvalue weighted by Crippen LogP contribution is -1.86. The quantitative estimate of drug-likeness (QED) is 0.648. The molecule has 0 saturated heterocycles. The van der Waals surface area contributed by atoms with Crippen molar-refractivity contribution in [1.29, 1.82) is 0 Å². The highest BCUT2D eigenvalue weighted by molar-refractivity contribution is 7.72. The molecule has 2 N–H and O–H groups in total. The number of aromatic nitrogens is 3. The maximum Gasteiger partial charge on any atom is 0.135 e. The highest BCUT2D eigenvalue weighted by Gasteiger charge is 2.08. The topological polar surface area (TPSA) is 53.7 Å². The summed E-state index contributed by atoms with van der Waals surface area (Å²) in [6.07, 6.45) is 0. The van der Waals surface area contributed by atoms with Crippen molar-refractivity contribution in [2.75, 3.05) is 7.11 Å². The number of methoxy groups -OCH3 is 1. The van der Waals surface area contributed by atoms with Crippen LogP contribution in [0.3, 0.4) is 0 Å². The van der Waals surface area contributed by atoms with Gasteiger partial charge in [0.2, 0.25) is 0 Å². The van der Waals surface area contributed by atoms with Gasteiger partial charge < -0.3 is 9.72 Å². The van der Waals surface area contributed by atoms with E-state index in [4.69, 9.17) is 17.0 Å². The van der Waals surface area contributed by atoms with Crippen molar-refractivity contribution in [3.8, 4) is 5.75 Å². The van der Waals surface area contributed by atoms with Crippen molar-refractivity contribution in [3.05, 3.63) is 28.4 Å². The molecule has 0 bridgehead atoms. The Hall–Kier alpha value is -1.88. The van der Waals surface area contributed by atoms with Gasteiger partial charge in [-0.1, -0.05) is 12.2 Å². The Kier molecular flexibility index (Phi) is 2.16.